The number of aromatic nitrogens is 2. The quantitative estimate of drug-likeness (QED) is 0.590. The molecule has 0 spiro atoms. The van der Waals surface area contributed by atoms with Crippen molar-refractivity contribution in [3.8, 4) is 0 Å². The Balaban J connectivity index is 1.01. The van der Waals surface area contributed by atoms with E-state index in [1.54, 1.807) is 12.4 Å². The highest BCUT2D eigenvalue weighted by Gasteiger charge is 2.24. The Morgan fingerprint density at radius 2 is 1.76 bits per heavy atom. The molecule has 0 bridgehead atoms. The summed E-state index contributed by atoms with van der Waals surface area (Å²) in [5.41, 5.74) is 0.756. The van der Waals surface area contributed by atoms with Crippen LogP contribution in [0.2, 0.25) is 0 Å². The van der Waals surface area contributed by atoms with E-state index >= 15 is 0 Å². The van der Waals surface area contributed by atoms with Crippen molar-refractivity contribution in [2.75, 3.05) is 56.0 Å². The average molecular weight is 459 g/mol. The minimum atomic E-state index is -0.00925. The minimum absolute atomic E-state index is 0.00925. The standard InChI is InChI=1S/C27H34N6O/c34-27(30-24-7-3-12-28-21-24)33-15-10-22(11-16-33)5-4-14-31-17-19-32(20-18-31)26-25-8-2-1-6-23(25)9-13-29-26/h1-3,6-9,12-13,21-22H,4-5,10-11,14-20H2,(H,30,34). The van der Waals surface area contributed by atoms with Crippen molar-refractivity contribution in [1.29, 1.82) is 0 Å². The van der Waals surface area contributed by atoms with E-state index < -0.39 is 0 Å². The number of pyridine rings is 2. The monoisotopic (exact) mass is 458 g/mol. The summed E-state index contributed by atoms with van der Waals surface area (Å²) in [6.07, 6.45) is 10.0. The molecular weight excluding hydrogens is 424 g/mol. The largest absolute Gasteiger partial charge is 0.354 e. The van der Waals surface area contributed by atoms with Crippen LogP contribution in [0.15, 0.2) is 61.1 Å². The van der Waals surface area contributed by atoms with Crippen LogP contribution >= 0.6 is 0 Å². The summed E-state index contributed by atoms with van der Waals surface area (Å²) < 4.78 is 0. The molecule has 2 saturated heterocycles. The molecule has 0 atom stereocenters. The molecule has 7 nitrogen and oxygen atoms in total. The number of hydrogen-bond donors (Lipinski definition) is 1. The van der Waals surface area contributed by atoms with Gasteiger partial charge >= 0.3 is 6.03 Å². The summed E-state index contributed by atoms with van der Waals surface area (Å²) in [7, 11) is 0. The second-order valence-electron chi connectivity index (χ2n) is 9.43. The fraction of sp³-hybridized carbons (Fsp3) is 0.444. The van der Waals surface area contributed by atoms with Crippen LogP contribution in [-0.4, -0.2) is 71.6 Å². The number of benzene rings is 1. The van der Waals surface area contributed by atoms with Crippen molar-refractivity contribution in [1.82, 2.24) is 19.8 Å². The Morgan fingerprint density at radius 3 is 2.56 bits per heavy atom. The number of nitrogens with zero attached hydrogens (tertiary/aromatic N) is 5. The lowest BCUT2D eigenvalue weighted by atomic mass is 9.92. The third kappa shape index (κ3) is 5.47. The van der Waals surface area contributed by atoms with E-state index in [1.165, 1.54) is 30.2 Å². The van der Waals surface area contributed by atoms with Crippen LogP contribution in [0.4, 0.5) is 16.3 Å². The van der Waals surface area contributed by atoms with Crippen LogP contribution in [0.3, 0.4) is 0 Å². The predicted octanol–water partition coefficient (Wildman–Crippen LogP) is 4.48. The van der Waals surface area contributed by atoms with Crippen LogP contribution in [0.5, 0.6) is 0 Å². The number of carbonyl (C=O) groups excluding carboxylic acids is 1. The Labute approximate surface area is 201 Å². The van der Waals surface area contributed by atoms with Crippen LogP contribution in [0, 0.1) is 5.92 Å². The van der Waals surface area contributed by atoms with E-state index in [1.807, 2.05) is 23.2 Å². The van der Waals surface area contributed by atoms with E-state index in [-0.39, 0.29) is 6.03 Å². The van der Waals surface area contributed by atoms with Gasteiger partial charge in [-0.3, -0.25) is 9.88 Å². The molecule has 1 N–H and O–H groups in total. The Morgan fingerprint density at radius 1 is 0.941 bits per heavy atom. The first kappa shape index (κ1) is 22.6. The molecule has 2 fully saturated rings. The van der Waals surface area contributed by atoms with Crippen LogP contribution in [-0.2, 0) is 0 Å². The molecule has 4 heterocycles. The maximum absolute atomic E-state index is 12.5. The zero-order valence-electron chi connectivity index (χ0n) is 19.8. The van der Waals surface area contributed by atoms with Gasteiger partial charge in [0.15, 0.2) is 0 Å². The highest BCUT2D eigenvalue weighted by Crippen LogP contribution is 2.26. The van der Waals surface area contributed by atoms with E-state index in [0.717, 1.165) is 69.5 Å². The molecule has 2 aliphatic heterocycles. The van der Waals surface area contributed by atoms with Crippen molar-refractivity contribution < 1.29 is 4.79 Å². The number of carbonyl (C=O) groups is 1. The smallest absolute Gasteiger partial charge is 0.321 e. The van der Waals surface area contributed by atoms with Gasteiger partial charge in [-0.25, -0.2) is 9.78 Å². The lowest BCUT2D eigenvalue weighted by molar-refractivity contribution is 0.175. The summed E-state index contributed by atoms with van der Waals surface area (Å²) in [5.74, 6) is 1.85. The average Bonchev–Trinajstić information content (AvgIpc) is 2.90. The summed E-state index contributed by atoms with van der Waals surface area (Å²) in [6, 6.07) is 14.3. The molecule has 2 aromatic heterocycles. The summed E-state index contributed by atoms with van der Waals surface area (Å²) >= 11 is 0. The highest BCUT2D eigenvalue weighted by atomic mass is 16.2. The second kappa shape index (κ2) is 10.8. The van der Waals surface area contributed by atoms with E-state index in [9.17, 15) is 4.79 Å². The molecule has 0 saturated carbocycles. The van der Waals surface area contributed by atoms with Crippen molar-refractivity contribution in [3.05, 3.63) is 61.1 Å². The number of urea groups is 1. The number of fused-ring (bicyclic) bond motifs is 1. The van der Waals surface area contributed by atoms with Crippen molar-refractivity contribution >= 4 is 28.3 Å². The SMILES string of the molecule is O=C(Nc1cccnc1)N1CCC(CCCN2CCN(c3nccc4ccccc34)CC2)CC1. The van der Waals surface area contributed by atoms with Gasteiger partial charge in [-0.05, 0) is 61.7 Å². The molecule has 5 rings (SSSR count). The number of nitrogens with one attached hydrogen (secondary N) is 1. The van der Waals surface area contributed by atoms with Crippen molar-refractivity contribution in [2.45, 2.75) is 25.7 Å². The van der Waals surface area contributed by atoms with Crippen LogP contribution in [0.1, 0.15) is 25.7 Å². The molecule has 0 radical (unpaired) electrons. The maximum atomic E-state index is 12.5. The van der Waals surface area contributed by atoms with Gasteiger partial charge in [0.25, 0.3) is 0 Å². The number of piperazine rings is 1. The number of likely N-dealkylation sites (tertiary alicyclic amines) is 1. The van der Waals surface area contributed by atoms with E-state index in [0.29, 0.717) is 0 Å². The van der Waals surface area contributed by atoms with Gasteiger partial charge in [0, 0.05) is 57.0 Å². The van der Waals surface area contributed by atoms with Gasteiger partial charge < -0.3 is 15.1 Å². The van der Waals surface area contributed by atoms with Crippen molar-refractivity contribution in [3.63, 3.8) is 0 Å². The molecule has 178 valence electrons. The number of piperidine rings is 1. The number of hydrogen-bond acceptors (Lipinski definition) is 5. The molecule has 34 heavy (non-hydrogen) atoms. The summed E-state index contributed by atoms with van der Waals surface area (Å²) in [5, 5.41) is 5.46. The normalized spacial score (nSPS) is 17.8. The summed E-state index contributed by atoms with van der Waals surface area (Å²) in [6.45, 7) is 7.10. The Hall–Kier alpha value is -3.19. The molecule has 7 heteroatoms. The van der Waals surface area contributed by atoms with Gasteiger partial charge in [-0.1, -0.05) is 24.3 Å². The van der Waals surface area contributed by atoms with Crippen LogP contribution in [0.25, 0.3) is 10.8 Å². The fourth-order valence-corrected chi connectivity index (χ4v) is 5.21. The topological polar surface area (TPSA) is 64.6 Å². The molecule has 3 aromatic rings. The first-order chi connectivity index (χ1) is 16.8. The predicted molar refractivity (Wildman–Crippen MR) is 137 cm³/mol. The molecule has 2 amide bonds. The van der Waals surface area contributed by atoms with Gasteiger partial charge in [0.2, 0.25) is 0 Å². The number of anilines is 2. The van der Waals surface area contributed by atoms with Gasteiger partial charge in [-0.2, -0.15) is 0 Å². The third-order valence-corrected chi connectivity index (χ3v) is 7.23. The first-order valence-electron chi connectivity index (χ1n) is 12.5. The third-order valence-electron chi connectivity index (χ3n) is 7.23. The van der Waals surface area contributed by atoms with Gasteiger partial charge in [0.05, 0.1) is 11.9 Å². The molecular formula is C27H34N6O. The van der Waals surface area contributed by atoms with E-state index in [4.69, 9.17) is 4.98 Å². The lowest BCUT2D eigenvalue weighted by Gasteiger charge is -2.36. The number of amides is 2. The lowest BCUT2D eigenvalue weighted by Crippen LogP contribution is -2.47. The Kier molecular flexibility index (Phi) is 7.19. The molecule has 2 aliphatic rings. The zero-order valence-corrected chi connectivity index (χ0v) is 19.8. The Bertz CT molecular complexity index is 1070. The molecule has 0 unspecified atom stereocenters. The highest BCUT2D eigenvalue weighted by molar-refractivity contribution is 5.92. The van der Waals surface area contributed by atoms with E-state index in [2.05, 4.69) is 50.4 Å². The molecule has 0 aliphatic carbocycles. The second-order valence-corrected chi connectivity index (χ2v) is 9.43. The van der Waals surface area contributed by atoms with Gasteiger partial charge in [0.1, 0.15) is 5.82 Å². The number of rotatable bonds is 6. The van der Waals surface area contributed by atoms with Crippen molar-refractivity contribution in [2.24, 2.45) is 5.92 Å². The van der Waals surface area contributed by atoms with Gasteiger partial charge in [-0.15, -0.1) is 0 Å². The fourth-order valence-electron chi connectivity index (χ4n) is 5.21. The summed E-state index contributed by atoms with van der Waals surface area (Å²) in [4.78, 5) is 28.2. The maximum Gasteiger partial charge on any atom is 0.321 e. The van der Waals surface area contributed by atoms with Crippen LogP contribution < -0.4 is 10.2 Å². The molecule has 1 aromatic carbocycles. The zero-order chi connectivity index (χ0) is 23.2. The first-order valence-corrected chi connectivity index (χ1v) is 12.5. The minimum Gasteiger partial charge on any atom is -0.354 e.